The number of nitrogens with one attached hydrogen (secondary N) is 2. The van der Waals surface area contributed by atoms with Crippen LogP contribution >= 0.6 is 11.6 Å². The number of hydrogen-bond acceptors (Lipinski definition) is 2. The van der Waals surface area contributed by atoms with Gasteiger partial charge in [-0.1, -0.05) is 48.5 Å². The topological polar surface area (TPSA) is 57.8 Å². The fourth-order valence-corrected chi connectivity index (χ4v) is 2.51. The number of nitrogens with zero attached hydrogens (tertiary/aromatic N) is 1. The number of carbonyl (C=O) groups is 1. The zero-order valence-electron chi connectivity index (χ0n) is 11.2. The molecule has 4 nitrogen and oxygen atoms in total. The quantitative estimate of drug-likeness (QED) is 0.726. The van der Waals surface area contributed by atoms with E-state index in [-0.39, 0.29) is 11.9 Å². The predicted molar refractivity (Wildman–Crippen MR) is 83.5 cm³/mol. The summed E-state index contributed by atoms with van der Waals surface area (Å²) in [5, 5.41) is 10.7. The molecule has 2 aromatic carbocycles. The molecule has 0 radical (unpaired) electrons. The highest BCUT2D eigenvalue weighted by Crippen LogP contribution is 2.18. The average molecular weight is 300 g/mol. The molecule has 5 heteroatoms. The smallest absolute Gasteiger partial charge is 0.272 e. The molecule has 0 saturated heterocycles. The molecule has 1 amide bonds. The highest BCUT2D eigenvalue weighted by molar-refractivity contribution is 6.18. The lowest BCUT2D eigenvalue weighted by molar-refractivity contribution is 0.0937. The van der Waals surface area contributed by atoms with Crippen LogP contribution in [0.15, 0.2) is 54.6 Å². The molecule has 0 spiro atoms. The molecule has 0 fully saturated rings. The van der Waals surface area contributed by atoms with Gasteiger partial charge in [0.05, 0.1) is 11.6 Å². The van der Waals surface area contributed by atoms with E-state index < -0.39 is 0 Å². The number of aromatic amines is 1. The minimum Gasteiger partial charge on any atom is -0.343 e. The standard InChI is InChI=1S/C16H14ClN3O/c17-10-14(11-6-2-1-3-7-11)18-16(21)15-12-8-4-5-9-13(12)19-20-15/h1-9,14H,10H2,(H,18,21)(H,19,20)/t14-/m1/s1. The SMILES string of the molecule is O=C(N[C@H](CCl)c1ccccc1)c1n[nH]c2ccccc12. The Kier molecular flexibility index (Phi) is 3.88. The fourth-order valence-electron chi connectivity index (χ4n) is 2.26. The third-order valence-electron chi connectivity index (χ3n) is 3.35. The van der Waals surface area contributed by atoms with Crippen molar-refractivity contribution in [2.75, 3.05) is 5.88 Å². The summed E-state index contributed by atoms with van der Waals surface area (Å²) in [5.41, 5.74) is 2.20. The summed E-state index contributed by atoms with van der Waals surface area (Å²) in [4.78, 5) is 12.4. The Morgan fingerprint density at radius 2 is 1.86 bits per heavy atom. The number of carbonyl (C=O) groups excluding carboxylic acids is 1. The van der Waals surface area contributed by atoms with Crippen LogP contribution in [0.2, 0.25) is 0 Å². The summed E-state index contributed by atoms with van der Waals surface area (Å²) in [6.07, 6.45) is 0. The third kappa shape index (κ3) is 2.76. The zero-order chi connectivity index (χ0) is 14.7. The number of fused-ring (bicyclic) bond motifs is 1. The van der Waals surface area contributed by atoms with Crippen molar-refractivity contribution < 1.29 is 4.79 Å². The lowest BCUT2D eigenvalue weighted by Crippen LogP contribution is -2.30. The van der Waals surface area contributed by atoms with Crippen molar-refractivity contribution in [1.82, 2.24) is 15.5 Å². The van der Waals surface area contributed by atoms with E-state index in [1.807, 2.05) is 54.6 Å². The predicted octanol–water partition coefficient (Wildman–Crippen LogP) is 3.27. The van der Waals surface area contributed by atoms with Crippen molar-refractivity contribution in [2.24, 2.45) is 0 Å². The van der Waals surface area contributed by atoms with Gasteiger partial charge in [-0.15, -0.1) is 11.6 Å². The zero-order valence-corrected chi connectivity index (χ0v) is 12.0. The first-order chi connectivity index (χ1) is 10.3. The molecule has 0 unspecified atom stereocenters. The van der Waals surface area contributed by atoms with Crippen molar-refractivity contribution in [1.29, 1.82) is 0 Å². The molecule has 1 aromatic heterocycles. The maximum atomic E-state index is 12.4. The number of aromatic nitrogens is 2. The molecular weight excluding hydrogens is 286 g/mol. The molecule has 106 valence electrons. The number of para-hydroxylation sites is 1. The van der Waals surface area contributed by atoms with Crippen LogP contribution in [0.4, 0.5) is 0 Å². The Hall–Kier alpha value is -2.33. The second-order valence-electron chi connectivity index (χ2n) is 4.71. The average Bonchev–Trinajstić information content (AvgIpc) is 2.97. The first-order valence-corrected chi connectivity index (χ1v) is 7.18. The van der Waals surface area contributed by atoms with Crippen LogP contribution in [0.25, 0.3) is 10.9 Å². The Morgan fingerprint density at radius 1 is 1.14 bits per heavy atom. The van der Waals surface area contributed by atoms with Crippen LogP contribution in [-0.2, 0) is 0 Å². The maximum Gasteiger partial charge on any atom is 0.272 e. The van der Waals surface area contributed by atoms with Gasteiger partial charge in [0, 0.05) is 11.3 Å². The molecule has 0 aliphatic carbocycles. The Labute approximate surface area is 127 Å². The van der Waals surface area contributed by atoms with Gasteiger partial charge < -0.3 is 5.32 Å². The van der Waals surface area contributed by atoms with Crippen LogP contribution in [0.1, 0.15) is 22.1 Å². The molecule has 1 heterocycles. The van der Waals surface area contributed by atoms with Gasteiger partial charge in [-0.25, -0.2) is 0 Å². The van der Waals surface area contributed by atoms with E-state index in [9.17, 15) is 4.79 Å². The van der Waals surface area contributed by atoms with E-state index in [4.69, 9.17) is 11.6 Å². The Balaban J connectivity index is 1.85. The fraction of sp³-hybridized carbons (Fsp3) is 0.125. The molecule has 0 bridgehead atoms. The van der Waals surface area contributed by atoms with Gasteiger partial charge in [0.15, 0.2) is 5.69 Å². The summed E-state index contributed by atoms with van der Waals surface area (Å²) in [5.74, 6) is 0.0694. The van der Waals surface area contributed by atoms with Crippen LogP contribution in [-0.4, -0.2) is 22.0 Å². The van der Waals surface area contributed by atoms with Gasteiger partial charge in [0.1, 0.15) is 0 Å². The summed E-state index contributed by atoms with van der Waals surface area (Å²) < 4.78 is 0. The minimum atomic E-state index is -0.240. The molecule has 0 saturated carbocycles. The van der Waals surface area contributed by atoms with Gasteiger partial charge >= 0.3 is 0 Å². The first-order valence-electron chi connectivity index (χ1n) is 6.64. The van der Waals surface area contributed by atoms with E-state index in [0.717, 1.165) is 16.5 Å². The Morgan fingerprint density at radius 3 is 2.62 bits per heavy atom. The van der Waals surface area contributed by atoms with Gasteiger partial charge in [0.25, 0.3) is 5.91 Å². The first kappa shape index (κ1) is 13.6. The molecular formula is C16H14ClN3O. The number of rotatable bonds is 4. The number of H-pyrrole nitrogens is 1. The second-order valence-corrected chi connectivity index (χ2v) is 5.02. The van der Waals surface area contributed by atoms with Crippen LogP contribution in [0.5, 0.6) is 0 Å². The lowest BCUT2D eigenvalue weighted by atomic mass is 10.1. The van der Waals surface area contributed by atoms with Crippen molar-refractivity contribution >= 4 is 28.4 Å². The van der Waals surface area contributed by atoms with Gasteiger partial charge in [0.2, 0.25) is 0 Å². The molecule has 0 aliphatic heterocycles. The van der Waals surface area contributed by atoms with Crippen molar-refractivity contribution in [2.45, 2.75) is 6.04 Å². The van der Waals surface area contributed by atoms with E-state index >= 15 is 0 Å². The van der Waals surface area contributed by atoms with Crippen LogP contribution in [0, 0.1) is 0 Å². The normalized spacial score (nSPS) is 12.2. The largest absolute Gasteiger partial charge is 0.343 e. The van der Waals surface area contributed by atoms with Crippen LogP contribution in [0.3, 0.4) is 0 Å². The molecule has 3 rings (SSSR count). The van der Waals surface area contributed by atoms with E-state index in [1.165, 1.54) is 0 Å². The van der Waals surface area contributed by atoms with Crippen molar-refractivity contribution in [3.8, 4) is 0 Å². The highest BCUT2D eigenvalue weighted by atomic mass is 35.5. The number of alkyl halides is 1. The van der Waals surface area contributed by atoms with E-state index in [1.54, 1.807) is 0 Å². The number of amides is 1. The molecule has 21 heavy (non-hydrogen) atoms. The van der Waals surface area contributed by atoms with E-state index in [2.05, 4.69) is 15.5 Å². The van der Waals surface area contributed by atoms with Crippen molar-refractivity contribution in [3.63, 3.8) is 0 Å². The molecule has 3 aromatic rings. The van der Waals surface area contributed by atoms with Gasteiger partial charge in [-0.2, -0.15) is 5.10 Å². The second kappa shape index (κ2) is 5.97. The summed E-state index contributed by atoms with van der Waals surface area (Å²) in [7, 11) is 0. The Bertz CT molecular complexity index is 754. The lowest BCUT2D eigenvalue weighted by Gasteiger charge is -2.15. The maximum absolute atomic E-state index is 12.4. The molecule has 1 atom stereocenters. The van der Waals surface area contributed by atoms with E-state index in [0.29, 0.717) is 11.6 Å². The minimum absolute atomic E-state index is 0.234. The molecule has 0 aliphatic rings. The monoisotopic (exact) mass is 299 g/mol. The highest BCUT2D eigenvalue weighted by Gasteiger charge is 2.18. The van der Waals surface area contributed by atoms with Gasteiger partial charge in [-0.05, 0) is 11.6 Å². The molecule has 2 N–H and O–H groups in total. The summed E-state index contributed by atoms with van der Waals surface area (Å²) in [6.45, 7) is 0. The summed E-state index contributed by atoms with van der Waals surface area (Å²) in [6, 6.07) is 16.9. The van der Waals surface area contributed by atoms with Crippen LogP contribution < -0.4 is 5.32 Å². The van der Waals surface area contributed by atoms with Crippen molar-refractivity contribution in [3.05, 3.63) is 65.9 Å². The van der Waals surface area contributed by atoms with Gasteiger partial charge in [-0.3, -0.25) is 9.89 Å². The third-order valence-corrected chi connectivity index (χ3v) is 3.66. The number of benzene rings is 2. The number of hydrogen-bond donors (Lipinski definition) is 2. The summed E-state index contributed by atoms with van der Waals surface area (Å²) >= 11 is 5.98. The number of halogens is 1.